The standard InChI is InChI=1S/C18H14N4O4S/c23-8-7-19-17(26)20-10-5-6-13-14(9-10)27-18(21-13)22-15(24)11-3-1-2-4-12(11)16(22)25/h1-6,9,23H,7-8H2,(H2,19,20,26). The van der Waals surface area contributed by atoms with Crippen LogP contribution < -0.4 is 15.5 Å². The molecule has 0 radical (unpaired) electrons. The van der Waals surface area contributed by atoms with Gasteiger partial charge in [0.05, 0.1) is 28.0 Å². The van der Waals surface area contributed by atoms with E-state index in [1.165, 1.54) is 11.3 Å². The van der Waals surface area contributed by atoms with Gasteiger partial charge in [-0.2, -0.15) is 0 Å². The van der Waals surface area contributed by atoms with Crippen molar-refractivity contribution < 1.29 is 19.5 Å². The van der Waals surface area contributed by atoms with Gasteiger partial charge in [-0.25, -0.2) is 14.7 Å². The van der Waals surface area contributed by atoms with Crippen molar-refractivity contribution in [1.82, 2.24) is 10.3 Å². The topological polar surface area (TPSA) is 112 Å². The number of nitrogens with zero attached hydrogens (tertiary/aromatic N) is 2. The summed E-state index contributed by atoms with van der Waals surface area (Å²) < 4.78 is 0.724. The SMILES string of the molecule is O=C(NCCO)Nc1ccc2nc(N3C(=O)c4ccccc4C3=O)sc2c1. The van der Waals surface area contributed by atoms with E-state index < -0.39 is 17.8 Å². The van der Waals surface area contributed by atoms with Crippen LogP contribution in [-0.2, 0) is 0 Å². The third-order valence-corrected chi connectivity index (χ3v) is 5.02. The second-order valence-corrected chi connectivity index (χ2v) is 6.78. The second kappa shape index (κ2) is 6.78. The molecular weight excluding hydrogens is 368 g/mol. The van der Waals surface area contributed by atoms with Crippen LogP contribution in [0.2, 0.25) is 0 Å². The maximum absolute atomic E-state index is 12.6. The molecule has 0 saturated carbocycles. The highest BCUT2D eigenvalue weighted by Crippen LogP contribution is 2.35. The molecule has 4 rings (SSSR count). The van der Waals surface area contributed by atoms with Crippen LogP contribution >= 0.6 is 11.3 Å². The van der Waals surface area contributed by atoms with E-state index in [2.05, 4.69) is 15.6 Å². The molecule has 9 heteroatoms. The molecule has 136 valence electrons. The van der Waals surface area contributed by atoms with Crippen molar-refractivity contribution in [3.63, 3.8) is 0 Å². The monoisotopic (exact) mass is 382 g/mol. The summed E-state index contributed by atoms with van der Waals surface area (Å²) >= 11 is 1.19. The lowest BCUT2D eigenvalue weighted by atomic mass is 10.1. The van der Waals surface area contributed by atoms with Gasteiger partial charge in [-0.1, -0.05) is 23.5 Å². The lowest BCUT2D eigenvalue weighted by molar-refractivity contribution is 0.0926. The fraction of sp³-hybridized carbons (Fsp3) is 0.111. The average Bonchev–Trinajstić information content (AvgIpc) is 3.19. The first kappa shape index (κ1) is 17.1. The number of hydrogen-bond donors (Lipinski definition) is 3. The number of urea groups is 1. The Morgan fingerprint density at radius 3 is 2.48 bits per heavy atom. The lowest BCUT2D eigenvalue weighted by Gasteiger charge is -2.08. The van der Waals surface area contributed by atoms with Crippen LogP contribution in [0.1, 0.15) is 20.7 Å². The first-order valence-corrected chi connectivity index (χ1v) is 8.94. The highest BCUT2D eigenvalue weighted by molar-refractivity contribution is 7.22. The minimum atomic E-state index is -0.437. The normalized spacial score (nSPS) is 13.1. The number of anilines is 2. The first-order valence-electron chi connectivity index (χ1n) is 8.12. The van der Waals surface area contributed by atoms with E-state index in [-0.39, 0.29) is 18.3 Å². The van der Waals surface area contributed by atoms with Crippen molar-refractivity contribution in [3.8, 4) is 0 Å². The van der Waals surface area contributed by atoms with Gasteiger partial charge >= 0.3 is 6.03 Å². The van der Waals surface area contributed by atoms with Gasteiger partial charge in [-0.05, 0) is 30.3 Å². The summed E-state index contributed by atoms with van der Waals surface area (Å²) in [6.07, 6.45) is 0. The van der Waals surface area contributed by atoms with Gasteiger partial charge in [0.2, 0.25) is 5.13 Å². The van der Waals surface area contributed by atoms with Crippen molar-refractivity contribution in [2.75, 3.05) is 23.4 Å². The number of carbonyl (C=O) groups is 3. The van der Waals surface area contributed by atoms with Crippen molar-refractivity contribution in [2.24, 2.45) is 0 Å². The minimum Gasteiger partial charge on any atom is -0.395 e. The van der Waals surface area contributed by atoms with Crippen LogP contribution in [0.4, 0.5) is 15.6 Å². The van der Waals surface area contributed by atoms with Gasteiger partial charge in [0, 0.05) is 12.2 Å². The van der Waals surface area contributed by atoms with Gasteiger partial charge < -0.3 is 15.7 Å². The maximum Gasteiger partial charge on any atom is 0.319 e. The van der Waals surface area contributed by atoms with Gasteiger partial charge in [0.15, 0.2) is 0 Å². The number of nitrogens with one attached hydrogen (secondary N) is 2. The Morgan fingerprint density at radius 2 is 1.81 bits per heavy atom. The van der Waals surface area contributed by atoms with Gasteiger partial charge in [0.25, 0.3) is 11.8 Å². The number of aliphatic hydroxyl groups is 1. The number of benzene rings is 2. The molecular formula is C18H14N4O4S. The van der Waals surface area contributed by atoms with Crippen molar-refractivity contribution in [3.05, 3.63) is 53.6 Å². The highest BCUT2D eigenvalue weighted by Gasteiger charge is 2.38. The summed E-state index contributed by atoms with van der Waals surface area (Å²) in [5, 5.41) is 14.2. The Balaban J connectivity index is 1.62. The molecule has 8 nitrogen and oxygen atoms in total. The Morgan fingerprint density at radius 1 is 1.11 bits per heavy atom. The zero-order valence-electron chi connectivity index (χ0n) is 13.9. The molecule has 0 unspecified atom stereocenters. The molecule has 3 aromatic rings. The Hall–Kier alpha value is -3.30. The number of hydrogen-bond acceptors (Lipinski definition) is 6. The molecule has 27 heavy (non-hydrogen) atoms. The number of thiazole rings is 1. The van der Waals surface area contributed by atoms with E-state index >= 15 is 0 Å². The number of imide groups is 1. The molecule has 1 aliphatic heterocycles. The first-order chi connectivity index (χ1) is 13.1. The molecule has 0 spiro atoms. The second-order valence-electron chi connectivity index (χ2n) is 5.77. The molecule has 0 atom stereocenters. The Bertz CT molecular complexity index is 1040. The molecule has 4 amide bonds. The van der Waals surface area contributed by atoms with Crippen molar-refractivity contribution >= 4 is 50.2 Å². The highest BCUT2D eigenvalue weighted by atomic mass is 32.1. The van der Waals surface area contributed by atoms with Gasteiger partial charge in [0.1, 0.15) is 0 Å². The molecule has 2 heterocycles. The third kappa shape index (κ3) is 3.03. The Labute approximate surface area is 157 Å². The summed E-state index contributed by atoms with van der Waals surface area (Å²) in [5.41, 5.74) is 1.89. The maximum atomic E-state index is 12.6. The van der Waals surface area contributed by atoms with Crippen LogP contribution in [0.15, 0.2) is 42.5 Å². The molecule has 0 aliphatic carbocycles. The number of amides is 4. The number of rotatable bonds is 4. The lowest BCUT2D eigenvalue weighted by Crippen LogP contribution is -2.30. The zero-order valence-corrected chi connectivity index (χ0v) is 14.7. The fourth-order valence-corrected chi connectivity index (χ4v) is 3.80. The number of fused-ring (bicyclic) bond motifs is 2. The minimum absolute atomic E-state index is 0.148. The number of aromatic nitrogens is 1. The van der Waals surface area contributed by atoms with Crippen LogP contribution in [0.5, 0.6) is 0 Å². The molecule has 0 fully saturated rings. The van der Waals surface area contributed by atoms with Crippen LogP contribution in [0, 0.1) is 0 Å². The summed E-state index contributed by atoms with van der Waals surface area (Å²) in [5.74, 6) is -0.784. The molecule has 2 aromatic carbocycles. The van der Waals surface area contributed by atoms with Gasteiger partial charge in [-0.3, -0.25) is 9.59 Å². The average molecular weight is 382 g/mol. The van der Waals surface area contributed by atoms with Crippen LogP contribution in [-0.4, -0.2) is 41.1 Å². The Kier molecular flexibility index (Phi) is 4.30. The zero-order chi connectivity index (χ0) is 19.0. The summed E-state index contributed by atoms with van der Waals surface area (Å²) in [7, 11) is 0. The molecule has 0 saturated heterocycles. The summed E-state index contributed by atoms with van der Waals surface area (Å²) in [6, 6.07) is 11.3. The van der Waals surface area contributed by atoms with E-state index in [4.69, 9.17) is 5.11 Å². The van der Waals surface area contributed by atoms with E-state index in [0.29, 0.717) is 22.3 Å². The smallest absolute Gasteiger partial charge is 0.319 e. The predicted octanol–water partition coefficient (Wildman–Crippen LogP) is 2.21. The third-order valence-electron chi connectivity index (χ3n) is 4.02. The molecule has 3 N–H and O–H groups in total. The quantitative estimate of drug-likeness (QED) is 0.599. The van der Waals surface area contributed by atoms with E-state index in [0.717, 1.165) is 9.60 Å². The van der Waals surface area contributed by atoms with Crippen molar-refractivity contribution in [1.29, 1.82) is 0 Å². The van der Waals surface area contributed by atoms with E-state index in [1.54, 1.807) is 42.5 Å². The molecule has 0 bridgehead atoms. The molecule has 1 aromatic heterocycles. The summed E-state index contributed by atoms with van der Waals surface area (Å²) in [6.45, 7) is 0.00344. The molecule has 1 aliphatic rings. The summed E-state index contributed by atoms with van der Waals surface area (Å²) in [4.78, 5) is 42.3. The predicted molar refractivity (Wildman–Crippen MR) is 101 cm³/mol. The van der Waals surface area contributed by atoms with E-state index in [1.807, 2.05) is 0 Å². The largest absolute Gasteiger partial charge is 0.395 e. The fourth-order valence-electron chi connectivity index (χ4n) is 2.79. The van der Waals surface area contributed by atoms with Crippen molar-refractivity contribution in [2.45, 2.75) is 0 Å². The number of carbonyl (C=O) groups excluding carboxylic acids is 3. The van der Waals surface area contributed by atoms with E-state index in [9.17, 15) is 14.4 Å². The van der Waals surface area contributed by atoms with Crippen LogP contribution in [0.3, 0.4) is 0 Å². The van der Waals surface area contributed by atoms with Gasteiger partial charge in [-0.15, -0.1) is 0 Å². The number of aliphatic hydroxyl groups excluding tert-OH is 1. The van der Waals surface area contributed by atoms with Crippen LogP contribution in [0.25, 0.3) is 10.2 Å².